The highest BCUT2D eigenvalue weighted by atomic mass is 15.1. The van der Waals surface area contributed by atoms with Crippen molar-refractivity contribution in [3.63, 3.8) is 0 Å². The minimum atomic E-state index is 0.328. The standard InChI is InChI=1S/C11H22N2/c1-9-6-11(7-9,8-12)13-10-4-2-3-5-10/h9-10,13H,2-8,12H2,1H3. The molecular weight excluding hydrogens is 160 g/mol. The summed E-state index contributed by atoms with van der Waals surface area (Å²) in [6, 6.07) is 0.774. The number of nitrogens with two attached hydrogens (primary N) is 1. The molecule has 0 atom stereocenters. The first kappa shape index (κ1) is 9.47. The van der Waals surface area contributed by atoms with E-state index in [0.717, 1.165) is 18.5 Å². The van der Waals surface area contributed by atoms with E-state index < -0.39 is 0 Å². The van der Waals surface area contributed by atoms with Crippen molar-refractivity contribution >= 4 is 0 Å². The molecule has 2 heteroatoms. The van der Waals surface area contributed by atoms with E-state index in [9.17, 15) is 0 Å². The molecule has 2 fully saturated rings. The van der Waals surface area contributed by atoms with E-state index in [2.05, 4.69) is 12.2 Å². The first-order chi connectivity index (χ1) is 6.24. The lowest BCUT2D eigenvalue weighted by atomic mass is 9.69. The van der Waals surface area contributed by atoms with E-state index in [1.165, 1.54) is 38.5 Å². The largest absolute Gasteiger partial charge is 0.329 e. The molecule has 2 nitrogen and oxygen atoms in total. The van der Waals surface area contributed by atoms with Crippen LogP contribution >= 0.6 is 0 Å². The smallest absolute Gasteiger partial charge is 0.0311 e. The Labute approximate surface area is 81.3 Å². The summed E-state index contributed by atoms with van der Waals surface area (Å²) < 4.78 is 0. The Kier molecular flexibility index (Phi) is 2.61. The fourth-order valence-electron chi connectivity index (χ4n) is 3.12. The molecule has 2 rings (SSSR count). The van der Waals surface area contributed by atoms with Gasteiger partial charge in [0.2, 0.25) is 0 Å². The maximum absolute atomic E-state index is 5.85. The van der Waals surface area contributed by atoms with Crippen LogP contribution in [0.4, 0.5) is 0 Å². The third kappa shape index (κ3) is 1.89. The van der Waals surface area contributed by atoms with E-state index in [0.29, 0.717) is 5.54 Å². The number of hydrogen-bond donors (Lipinski definition) is 2. The summed E-state index contributed by atoms with van der Waals surface area (Å²) in [5.74, 6) is 0.887. The lowest BCUT2D eigenvalue weighted by molar-refractivity contribution is 0.109. The molecule has 0 aromatic heterocycles. The van der Waals surface area contributed by atoms with Crippen LogP contribution in [0, 0.1) is 5.92 Å². The molecule has 0 aromatic carbocycles. The first-order valence-corrected chi connectivity index (χ1v) is 5.72. The van der Waals surface area contributed by atoms with E-state index in [1.807, 2.05) is 0 Å². The monoisotopic (exact) mass is 182 g/mol. The summed E-state index contributed by atoms with van der Waals surface area (Å²) in [6.45, 7) is 3.15. The van der Waals surface area contributed by atoms with Crippen molar-refractivity contribution in [2.24, 2.45) is 11.7 Å². The molecular formula is C11H22N2. The van der Waals surface area contributed by atoms with E-state index in [-0.39, 0.29) is 0 Å². The molecule has 0 bridgehead atoms. The molecule has 2 aliphatic rings. The maximum Gasteiger partial charge on any atom is 0.0311 e. The van der Waals surface area contributed by atoms with E-state index in [4.69, 9.17) is 5.73 Å². The lowest BCUT2D eigenvalue weighted by Gasteiger charge is -2.48. The zero-order valence-electron chi connectivity index (χ0n) is 8.68. The van der Waals surface area contributed by atoms with Crippen molar-refractivity contribution in [1.29, 1.82) is 0 Å². The topological polar surface area (TPSA) is 38.0 Å². The fourth-order valence-corrected chi connectivity index (χ4v) is 3.12. The molecule has 0 spiro atoms. The van der Waals surface area contributed by atoms with Crippen LogP contribution in [0.2, 0.25) is 0 Å². The molecule has 0 amide bonds. The molecule has 3 N–H and O–H groups in total. The van der Waals surface area contributed by atoms with Crippen LogP contribution in [0.15, 0.2) is 0 Å². The summed E-state index contributed by atoms with van der Waals surface area (Å²) in [5.41, 5.74) is 6.17. The van der Waals surface area contributed by atoms with Crippen molar-refractivity contribution in [3.05, 3.63) is 0 Å². The average Bonchev–Trinajstić information content (AvgIpc) is 2.53. The Morgan fingerprint density at radius 1 is 1.31 bits per heavy atom. The molecule has 2 aliphatic carbocycles. The Morgan fingerprint density at radius 3 is 2.38 bits per heavy atom. The Balaban J connectivity index is 1.84. The Morgan fingerprint density at radius 2 is 1.92 bits per heavy atom. The van der Waals surface area contributed by atoms with Gasteiger partial charge in [-0.1, -0.05) is 19.8 Å². The van der Waals surface area contributed by atoms with Gasteiger partial charge in [0.25, 0.3) is 0 Å². The predicted octanol–water partition coefficient (Wildman–Crippen LogP) is 1.65. The van der Waals surface area contributed by atoms with Gasteiger partial charge in [0.1, 0.15) is 0 Å². The Hall–Kier alpha value is -0.0800. The van der Waals surface area contributed by atoms with Crippen LogP contribution in [-0.2, 0) is 0 Å². The second-order valence-electron chi connectivity index (χ2n) is 5.12. The molecule has 0 aromatic rings. The number of rotatable bonds is 3. The van der Waals surface area contributed by atoms with Gasteiger partial charge < -0.3 is 11.1 Å². The minimum absolute atomic E-state index is 0.328. The summed E-state index contributed by atoms with van der Waals surface area (Å²) in [5, 5.41) is 3.78. The maximum atomic E-state index is 5.85. The lowest BCUT2D eigenvalue weighted by Crippen LogP contribution is -2.61. The van der Waals surface area contributed by atoms with Gasteiger partial charge in [-0.25, -0.2) is 0 Å². The number of nitrogens with one attached hydrogen (secondary N) is 1. The van der Waals surface area contributed by atoms with Gasteiger partial charge in [-0.15, -0.1) is 0 Å². The molecule has 0 aliphatic heterocycles. The van der Waals surface area contributed by atoms with Gasteiger partial charge in [0.15, 0.2) is 0 Å². The minimum Gasteiger partial charge on any atom is -0.329 e. The van der Waals surface area contributed by atoms with Crippen LogP contribution in [0.1, 0.15) is 45.4 Å². The summed E-state index contributed by atoms with van der Waals surface area (Å²) in [7, 11) is 0. The van der Waals surface area contributed by atoms with Crippen LogP contribution in [0.25, 0.3) is 0 Å². The van der Waals surface area contributed by atoms with Crippen LogP contribution in [0.3, 0.4) is 0 Å². The summed E-state index contributed by atoms with van der Waals surface area (Å²) in [4.78, 5) is 0. The normalized spacial score (nSPS) is 40.6. The van der Waals surface area contributed by atoms with E-state index >= 15 is 0 Å². The third-order valence-corrected chi connectivity index (χ3v) is 3.73. The van der Waals surface area contributed by atoms with Gasteiger partial charge in [0.05, 0.1) is 0 Å². The molecule has 0 radical (unpaired) electrons. The van der Waals surface area contributed by atoms with Gasteiger partial charge in [-0.05, 0) is 31.6 Å². The molecule has 13 heavy (non-hydrogen) atoms. The van der Waals surface area contributed by atoms with Crippen molar-refractivity contribution in [1.82, 2.24) is 5.32 Å². The SMILES string of the molecule is CC1CC(CN)(NC2CCCC2)C1. The zero-order chi connectivity index (χ0) is 9.31. The average molecular weight is 182 g/mol. The molecule has 0 saturated heterocycles. The van der Waals surface area contributed by atoms with Gasteiger partial charge >= 0.3 is 0 Å². The molecule has 0 heterocycles. The second-order valence-corrected chi connectivity index (χ2v) is 5.12. The van der Waals surface area contributed by atoms with Crippen LogP contribution in [0.5, 0.6) is 0 Å². The van der Waals surface area contributed by atoms with E-state index in [1.54, 1.807) is 0 Å². The van der Waals surface area contributed by atoms with Gasteiger partial charge in [0, 0.05) is 18.1 Å². The molecule has 0 unspecified atom stereocenters. The third-order valence-electron chi connectivity index (χ3n) is 3.73. The van der Waals surface area contributed by atoms with Crippen molar-refractivity contribution in [2.75, 3.05) is 6.54 Å². The second kappa shape index (κ2) is 3.58. The Bertz CT molecular complexity index is 167. The highest BCUT2D eigenvalue weighted by Crippen LogP contribution is 2.38. The highest BCUT2D eigenvalue weighted by Gasteiger charge is 2.42. The zero-order valence-corrected chi connectivity index (χ0v) is 8.68. The number of hydrogen-bond acceptors (Lipinski definition) is 2. The quantitative estimate of drug-likeness (QED) is 0.696. The summed E-state index contributed by atoms with van der Waals surface area (Å²) in [6.07, 6.45) is 8.15. The van der Waals surface area contributed by atoms with Crippen LogP contribution < -0.4 is 11.1 Å². The molecule has 76 valence electrons. The van der Waals surface area contributed by atoms with Gasteiger partial charge in [-0.3, -0.25) is 0 Å². The molecule has 2 saturated carbocycles. The highest BCUT2D eigenvalue weighted by molar-refractivity contribution is 5.02. The van der Waals surface area contributed by atoms with Crippen molar-refractivity contribution in [2.45, 2.75) is 57.0 Å². The summed E-state index contributed by atoms with van der Waals surface area (Å²) >= 11 is 0. The van der Waals surface area contributed by atoms with Gasteiger partial charge in [-0.2, -0.15) is 0 Å². The fraction of sp³-hybridized carbons (Fsp3) is 1.00. The van der Waals surface area contributed by atoms with Crippen molar-refractivity contribution in [3.8, 4) is 0 Å². The van der Waals surface area contributed by atoms with Crippen molar-refractivity contribution < 1.29 is 0 Å². The van der Waals surface area contributed by atoms with Crippen LogP contribution in [-0.4, -0.2) is 18.1 Å². The predicted molar refractivity (Wildman–Crippen MR) is 55.6 cm³/mol. The first-order valence-electron chi connectivity index (χ1n) is 5.72.